The molecule has 2 amide bonds. The Kier molecular flexibility index (Phi) is 9.09. The zero-order valence-electron chi connectivity index (χ0n) is 12.9. The number of rotatable bonds is 7. The summed E-state index contributed by atoms with van der Waals surface area (Å²) < 4.78 is 0. The highest BCUT2D eigenvalue weighted by Gasteiger charge is 2.13. The first-order chi connectivity index (χ1) is 9.68. The maximum atomic E-state index is 11.9. The number of hydrogen-bond acceptors (Lipinski definition) is 2. The third kappa shape index (κ3) is 8.94. The monoisotopic (exact) mass is 282 g/mol. The molecule has 1 aliphatic carbocycles. The quantitative estimate of drug-likeness (QED) is 0.705. The molecule has 0 unspecified atom stereocenters. The van der Waals surface area contributed by atoms with Crippen molar-refractivity contribution in [3.63, 3.8) is 0 Å². The van der Waals surface area contributed by atoms with Gasteiger partial charge in [-0.25, -0.2) is 0 Å². The van der Waals surface area contributed by atoms with Gasteiger partial charge < -0.3 is 10.6 Å². The Hall–Kier alpha value is -1.06. The largest absolute Gasteiger partial charge is 0.356 e. The van der Waals surface area contributed by atoms with Crippen molar-refractivity contribution in [3.05, 3.63) is 0 Å². The highest BCUT2D eigenvalue weighted by molar-refractivity contribution is 5.76. The van der Waals surface area contributed by atoms with Crippen molar-refractivity contribution in [1.82, 2.24) is 10.6 Å². The van der Waals surface area contributed by atoms with Crippen molar-refractivity contribution in [2.24, 2.45) is 0 Å². The molecule has 0 atom stereocenters. The van der Waals surface area contributed by atoms with Gasteiger partial charge >= 0.3 is 0 Å². The number of hydrogen-bond donors (Lipinski definition) is 2. The summed E-state index contributed by atoms with van der Waals surface area (Å²) in [5, 5.41) is 5.96. The van der Waals surface area contributed by atoms with Crippen LogP contribution in [0.5, 0.6) is 0 Å². The Morgan fingerprint density at radius 3 is 2.25 bits per heavy atom. The molecule has 1 rings (SSSR count). The summed E-state index contributed by atoms with van der Waals surface area (Å²) in [7, 11) is 0. The molecule has 2 N–H and O–H groups in total. The van der Waals surface area contributed by atoms with Gasteiger partial charge in [-0.1, -0.05) is 38.5 Å². The molecule has 116 valence electrons. The summed E-state index contributed by atoms with van der Waals surface area (Å²) in [6.45, 7) is 2.25. The Morgan fingerprint density at radius 1 is 0.950 bits per heavy atom. The van der Waals surface area contributed by atoms with E-state index in [2.05, 4.69) is 10.6 Å². The van der Waals surface area contributed by atoms with Gasteiger partial charge in [0.1, 0.15) is 0 Å². The number of unbranched alkanes of at least 4 members (excludes halogenated alkanes) is 2. The number of amides is 2. The Balaban J connectivity index is 2.02. The highest BCUT2D eigenvalue weighted by Crippen LogP contribution is 2.17. The molecule has 0 aliphatic heterocycles. The number of carbonyl (C=O) groups is 2. The minimum Gasteiger partial charge on any atom is -0.356 e. The van der Waals surface area contributed by atoms with Crippen LogP contribution < -0.4 is 10.6 Å². The molecule has 1 fully saturated rings. The van der Waals surface area contributed by atoms with Crippen molar-refractivity contribution in [2.45, 2.75) is 83.6 Å². The Labute approximate surface area is 123 Å². The van der Waals surface area contributed by atoms with E-state index < -0.39 is 0 Å². The molecule has 4 heteroatoms. The van der Waals surface area contributed by atoms with Crippen LogP contribution in [0.2, 0.25) is 0 Å². The summed E-state index contributed by atoms with van der Waals surface area (Å²) >= 11 is 0. The number of carbonyl (C=O) groups excluding carboxylic acids is 2. The van der Waals surface area contributed by atoms with E-state index in [1.165, 1.54) is 39.0 Å². The van der Waals surface area contributed by atoms with E-state index in [1.54, 1.807) is 0 Å². The fourth-order valence-electron chi connectivity index (χ4n) is 2.75. The van der Waals surface area contributed by atoms with Gasteiger partial charge in [-0.15, -0.1) is 0 Å². The average Bonchev–Trinajstić information content (AvgIpc) is 2.36. The van der Waals surface area contributed by atoms with Gasteiger partial charge in [-0.3, -0.25) is 9.59 Å². The summed E-state index contributed by atoms with van der Waals surface area (Å²) in [5.74, 6) is 0.224. The van der Waals surface area contributed by atoms with Gasteiger partial charge in [0.15, 0.2) is 0 Å². The van der Waals surface area contributed by atoms with Crippen LogP contribution in [-0.2, 0) is 9.59 Å². The molecule has 0 bridgehead atoms. The zero-order chi connectivity index (χ0) is 14.6. The predicted molar refractivity (Wildman–Crippen MR) is 81.4 cm³/mol. The van der Waals surface area contributed by atoms with Gasteiger partial charge in [0.25, 0.3) is 0 Å². The molecule has 4 nitrogen and oxygen atoms in total. The first-order valence-electron chi connectivity index (χ1n) is 8.22. The zero-order valence-corrected chi connectivity index (χ0v) is 12.9. The second-order valence-electron chi connectivity index (χ2n) is 5.90. The topological polar surface area (TPSA) is 58.2 Å². The van der Waals surface area contributed by atoms with Crippen LogP contribution in [0.3, 0.4) is 0 Å². The molecule has 20 heavy (non-hydrogen) atoms. The Morgan fingerprint density at radius 2 is 1.60 bits per heavy atom. The molecule has 1 aliphatic rings. The minimum atomic E-state index is 0.0204. The third-order valence-corrected chi connectivity index (χ3v) is 3.92. The van der Waals surface area contributed by atoms with Crippen LogP contribution >= 0.6 is 0 Å². The van der Waals surface area contributed by atoms with Crippen molar-refractivity contribution >= 4 is 11.8 Å². The van der Waals surface area contributed by atoms with Gasteiger partial charge in [0.05, 0.1) is 0 Å². The second-order valence-corrected chi connectivity index (χ2v) is 5.90. The summed E-state index contributed by atoms with van der Waals surface area (Å²) in [6, 6.07) is 0.405. The molecule has 0 aromatic rings. The Bertz CT molecular complexity index is 284. The van der Waals surface area contributed by atoms with E-state index >= 15 is 0 Å². The minimum absolute atomic E-state index is 0.0204. The summed E-state index contributed by atoms with van der Waals surface area (Å²) in [5.41, 5.74) is 0. The molecular formula is C16H30N2O2. The van der Waals surface area contributed by atoms with E-state index in [4.69, 9.17) is 0 Å². The normalized spacial score (nSPS) is 17.1. The maximum absolute atomic E-state index is 11.9. The summed E-state index contributed by atoms with van der Waals surface area (Å²) in [4.78, 5) is 22.6. The van der Waals surface area contributed by atoms with Gasteiger partial charge in [-0.05, 0) is 25.7 Å². The first-order valence-corrected chi connectivity index (χ1v) is 8.22. The van der Waals surface area contributed by atoms with Crippen molar-refractivity contribution in [1.29, 1.82) is 0 Å². The van der Waals surface area contributed by atoms with Crippen LogP contribution in [0.4, 0.5) is 0 Å². The van der Waals surface area contributed by atoms with E-state index in [-0.39, 0.29) is 11.8 Å². The van der Waals surface area contributed by atoms with Crippen LogP contribution in [-0.4, -0.2) is 24.4 Å². The van der Waals surface area contributed by atoms with Crippen molar-refractivity contribution in [3.8, 4) is 0 Å². The second kappa shape index (κ2) is 10.7. The van der Waals surface area contributed by atoms with Crippen LogP contribution in [0.1, 0.15) is 77.6 Å². The molecular weight excluding hydrogens is 252 g/mol. The lowest BCUT2D eigenvalue weighted by atomic mass is 9.96. The van der Waals surface area contributed by atoms with Crippen LogP contribution in [0.25, 0.3) is 0 Å². The van der Waals surface area contributed by atoms with Crippen molar-refractivity contribution in [2.75, 3.05) is 6.54 Å². The van der Waals surface area contributed by atoms with E-state index in [0.717, 1.165) is 38.6 Å². The maximum Gasteiger partial charge on any atom is 0.220 e. The molecule has 0 heterocycles. The molecule has 0 radical (unpaired) electrons. The SMILES string of the molecule is CC(=O)NCCCCCC(=O)NC1CCCCCCC1. The standard InChI is InChI=1S/C16H30N2O2/c1-14(19)17-13-9-5-8-12-16(20)18-15-10-6-3-2-4-7-11-15/h15H,2-13H2,1H3,(H,17,19)(H,18,20). The highest BCUT2D eigenvalue weighted by atomic mass is 16.2. The van der Waals surface area contributed by atoms with Gasteiger partial charge in [-0.2, -0.15) is 0 Å². The van der Waals surface area contributed by atoms with E-state index in [1.807, 2.05) is 0 Å². The number of nitrogens with one attached hydrogen (secondary N) is 2. The molecule has 0 aromatic heterocycles. The summed E-state index contributed by atoms with van der Waals surface area (Å²) in [6.07, 6.45) is 12.3. The smallest absolute Gasteiger partial charge is 0.220 e. The van der Waals surface area contributed by atoms with Crippen molar-refractivity contribution < 1.29 is 9.59 Å². The van der Waals surface area contributed by atoms with Crippen LogP contribution in [0, 0.1) is 0 Å². The molecule has 1 saturated carbocycles. The fourth-order valence-corrected chi connectivity index (χ4v) is 2.75. The van der Waals surface area contributed by atoms with Crippen LogP contribution in [0.15, 0.2) is 0 Å². The lowest BCUT2D eigenvalue weighted by molar-refractivity contribution is -0.122. The van der Waals surface area contributed by atoms with E-state index in [0.29, 0.717) is 12.5 Å². The average molecular weight is 282 g/mol. The van der Waals surface area contributed by atoms with Gasteiger partial charge in [0.2, 0.25) is 11.8 Å². The molecule has 0 spiro atoms. The predicted octanol–water partition coefficient (Wildman–Crippen LogP) is 2.91. The molecule has 0 aromatic carbocycles. The lowest BCUT2D eigenvalue weighted by Gasteiger charge is -2.21. The van der Waals surface area contributed by atoms with E-state index in [9.17, 15) is 9.59 Å². The lowest BCUT2D eigenvalue weighted by Crippen LogP contribution is -2.35. The molecule has 0 saturated heterocycles. The third-order valence-electron chi connectivity index (χ3n) is 3.92. The first kappa shape index (κ1) is 17.0. The van der Waals surface area contributed by atoms with Gasteiger partial charge in [0, 0.05) is 25.9 Å². The fraction of sp³-hybridized carbons (Fsp3) is 0.875.